The molecular weight excluding hydrogens is 222 g/mol. The summed E-state index contributed by atoms with van der Waals surface area (Å²) in [6, 6.07) is 10.0. The molecule has 1 saturated carbocycles. The molecule has 1 aliphatic rings. The molecule has 1 aliphatic carbocycles. The van der Waals surface area contributed by atoms with Crippen LogP contribution in [0.4, 0.5) is 0 Å². The Balaban J connectivity index is 1.66. The Morgan fingerprint density at radius 3 is 2.56 bits per heavy atom. The Morgan fingerprint density at radius 1 is 1.22 bits per heavy atom. The third kappa shape index (κ3) is 4.02. The lowest BCUT2D eigenvalue weighted by Gasteiger charge is -2.36. The van der Waals surface area contributed by atoms with Gasteiger partial charge in [-0.2, -0.15) is 0 Å². The van der Waals surface area contributed by atoms with Crippen LogP contribution in [0.1, 0.15) is 45.4 Å². The summed E-state index contributed by atoms with van der Waals surface area (Å²) >= 11 is 0. The molecule has 100 valence electrons. The van der Waals surface area contributed by atoms with E-state index in [1.54, 1.807) is 0 Å². The molecule has 2 rings (SSSR count). The van der Waals surface area contributed by atoms with Gasteiger partial charge < -0.3 is 10.5 Å². The van der Waals surface area contributed by atoms with E-state index in [0.717, 1.165) is 31.1 Å². The van der Waals surface area contributed by atoms with Crippen LogP contribution < -0.4 is 10.5 Å². The van der Waals surface area contributed by atoms with E-state index in [9.17, 15) is 0 Å². The van der Waals surface area contributed by atoms with Gasteiger partial charge in [-0.25, -0.2) is 0 Å². The van der Waals surface area contributed by atoms with Gasteiger partial charge in [-0.3, -0.25) is 0 Å². The molecule has 18 heavy (non-hydrogen) atoms. The van der Waals surface area contributed by atoms with E-state index in [2.05, 4.69) is 6.92 Å². The number of para-hydroxylation sites is 1. The van der Waals surface area contributed by atoms with Crippen LogP contribution in [-0.2, 0) is 0 Å². The van der Waals surface area contributed by atoms with Crippen molar-refractivity contribution in [1.29, 1.82) is 0 Å². The number of rotatable bonds is 5. The Hall–Kier alpha value is -1.02. The Bertz CT molecular complexity index is 341. The molecule has 0 bridgehead atoms. The van der Waals surface area contributed by atoms with Crippen molar-refractivity contribution in [3.8, 4) is 5.75 Å². The van der Waals surface area contributed by atoms with E-state index in [4.69, 9.17) is 10.5 Å². The van der Waals surface area contributed by atoms with E-state index in [1.165, 1.54) is 25.7 Å². The van der Waals surface area contributed by atoms with Crippen molar-refractivity contribution in [3.63, 3.8) is 0 Å². The SMILES string of the molecule is CC1CCC(N)(CCCOc2ccccc2)CC1. The zero-order valence-electron chi connectivity index (χ0n) is 11.4. The van der Waals surface area contributed by atoms with Crippen molar-refractivity contribution >= 4 is 0 Å². The molecule has 2 heteroatoms. The molecule has 2 nitrogen and oxygen atoms in total. The van der Waals surface area contributed by atoms with Crippen molar-refractivity contribution < 1.29 is 4.74 Å². The van der Waals surface area contributed by atoms with Crippen LogP contribution >= 0.6 is 0 Å². The summed E-state index contributed by atoms with van der Waals surface area (Å²) in [7, 11) is 0. The first kappa shape index (κ1) is 13.4. The maximum atomic E-state index is 6.45. The van der Waals surface area contributed by atoms with E-state index >= 15 is 0 Å². The molecule has 2 N–H and O–H groups in total. The van der Waals surface area contributed by atoms with Gasteiger partial charge in [-0.1, -0.05) is 25.1 Å². The second-order valence-corrected chi connectivity index (χ2v) is 5.81. The zero-order valence-corrected chi connectivity index (χ0v) is 11.4. The molecule has 0 saturated heterocycles. The van der Waals surface area contributed by atoms with Crippen molar-refractivity contribution in [3.05, 3.63) is 30.3 Å². The van der Waals surface area contributed by atoms with Crippen LogP contribution in [0, 0.1) is 5.92 Å². The molecular formula is C16H25NO. The molecule has 0 radical (unpaired) electrons. The highest BCUT2D eigenvalue weighted by molar-refractivity contribution is 5.20. The average molecular weight is 247 g/mol. The van der Waals surface area contributed by atoms with Gasteiger partial charge in [0.15, 0.2) is 0 Å². The number of hydrogen-bond acceptors (Lipinski definition) is 2. The normalized spacial score (nSPS) is 28.0. The lowest BCUT2D eigenvalue weighted by Crippen LogP contribution is -2.43. The summed E-state index contributed by atoms with van der Waals surface area (Å²) in [5.41, 5.74) is 6.52. The average Bonchev–Trinajstić information content (AvgIpc) is 2.40. The minimum Gasteiger partial charge on any atom is -0.494 e. The van der Waals surface area contributed by atoms with Crippen LogP contribution in [0.25, 0.3) is 0 Å². The maximum Gasteiger partial charge on any atom is 0.119 e. The Labute approximate surface area is 111 Å². The van der Waals surface area contributed by atoms with Gasteiger partial charge in [0.1, 0.15) is 5.75 Å². The van der Waals surface area contributed by atoms with Gasteiger partial charge in [0.25, 0.3) is 0 Å². The highest BCUT2D eigenvalue weighted by Gasteiger charge is 2.29. The second kappa shape index (κ2) is 6.24. The van der Waals surface area contributed by atoms with Crippen molar-refractivity contribution in [1.82, 2.24) is 0 Å². The second-order valence-electron chi connectivity index (χ2n) is 5.81. The van der Waals surface area contributed by atoms with Gasteiger partial charge in [0, 0.05) is 5.54 Å². The summed E-state index contributed by atoms with van der Waals surface area (Å²) in [5, 5.41) is 0. The third-order valence-electron chi connectivity index (χ3n) is 4.10. The number of ether oxygens (including phenoxy) is 1. The molecule has 0 amide bonds. The monoisotopic (exact) mass is 247 g/mol. The number of nitrogens with two attached hydrogens (primary N) is 1. The van der Waals surface area contributed by atoms with E-state index in [0.29, 0.717) is 0 Å². The van der Waals surface area contributed by atoms with Crippen LogP contribution in [0.3, 0.4) is 0 Å². The van der Waals surface area contributed by atoms with Crippen molar-refractivity contribution in [2.45, 2.75) is 51.0 Å². The number of benzene rings is 1. The predicted octanol–water partition coefficient (Wildman–Crippen LogP) is 3.75. The van der Waals surface area contributed by atoms with Crippen molar-refractivity contribution in [2.75, 3.05) is 6.61 Å². The molecule has 0 aliphatic heterocycles. The van der Waals surface area contributed by atoms with Gasteiger partial charge >= 0.3 is 0 Å². The molecule has 1 aromatic rings. The van der Waals surface area contributed by atoms with Crippen LogP contribution in [-0.4, -0.2) is 12.1 Å². The quantitative estimate of drug-likeness (QED) is 0.804. The zero-order chi connectivity index (χ0) is 12.8. The molecule has 0 unspecified atom stereocenters. The van der Waals surface area contributed by atoms with Gasteiger partial charge in [0.2, 0.25) is 0 Å². The highest BCUT2D eigenvalue weighted by Crippen LogP contribution is 2.32. The van der Waals surface area contributed by atoms with E-state index < -0.39 is 0 Å². The molecule has 1 aromatic carbocycles. The Morgan fingerprint density at radius 2 is 1.89 bits per heavy atom. The smallest absolute Gasteiger partial charge is 0.119 e. The highest BCUT2D eigenvalue weighted by atomic mass is 16.5. The van der Waals surface area contributed by atoms with Crippen LogP contribution in [0.2, 0.25) is 0 Å². The lowest BCUT2D eigenvalue weighted by atomic mass is 9.75. The third-order valence-corrected chi connectivity index (χ3v) is 4.10. The topological polar surface area (TPSA) is 35.2 Å². The predicted molar refractivity (Wildman–Crippen MR) is 75.7 cm³/mol. The van der Waals surface area contributed by atoms with Gasteiger partial charge in [-0.15, -0.1) is 0 Å². The summed E-state index contributed by atoms with van der Waals surface area (Å²) in [6.07, 6.45) is 7.08. The number of hydrogen-bond donors (Lipinski definition) is 1. The summed E-state index contributed by atoms with van der Waals surface area (Å²) in [5.74, 6) is 1.82. The van der Waals surface area contributed by atoms with Crippen molar-refractivity contribution in [2.24, 2.45) is 11.7 Å². The first-order valence-corrected chi connectivity index (χ1v) is 7.15. The Kier molecular flexibility index (Phi) is 4.65. The molecule has 1 fully saturated rings. The van der Waals surface area contributed by atoms with Crippen LogP contribution in [0.15, 0.2) is 30.3 Å². The maximum absolute atomic E-state index is 6.45. The van der Waals surface area contributed by atoms with Crippen LogP contribution in [0.5, 0.6) is 5.75 Å². The molecule has 0 heterocycles. The lowest BCUT2D eigenvalue weighted by molar-refractivity contribution is 0.210. The minimum absolute atomic E-state index is 0.0760. The van der Waals surface area contributed by atoms with Gasteiger partial charge in [-0.05, 0) is 56.6 Å². The fraction of sp³-hybridized carbons (Fsp3) is 0.625. The summed E-state index contributed by atoms with van der Waals surface area (Å²) in [4.78, 5) is 0. The molecule has 0 atom stereocenters. The fourth-order valence-corrected chi connectivity index (χ4v) is 2.72. The van der Waals surface area contributed by atoms with Gasteiger partial charge in [0.05, 0.1) is 6.61 Å². The van der Waals surface area contributed by atoms with E-state index in [1.807, 2.05) is 30.3 Å². The standard InChI is InChI=1S/C16H25NO/c1-14-8-11-16(17,12-9-14)10-5-13-18-15-6-3-2-4-7-15/h2-4,6-7,14H,5,8-13,17H2,1H3. The molecule has 0 aromatic heterocycles. The first-order valence-electron chi connectivity index (χ1n) is 7.15. The fourth-order valence-electron chi connectivity index (χ4n) is 2.72. The first-order chi connectivity index (χ1) is 8.68. The summed E-state index contributed by atoms with van der Waals surface area (Å²) < 4.78 is 5.71. The molecule has 0 spiro atoms. The summed E-state index contributed by atoms with van der Waals surface area (Å²) in [6.45, 7) is 3.11. The largest absolute Gasteiger partial charge is 0.494 e. The minimum atomic E-state index is 0.0760. The van der Waals surface area contributed by atoms with E-state index in [-0.39, 0.29) is 5.54 Å².